The molecule has 2 heterocycles. The molecule has 0 bridgehead atoms. The molecule has 1 aromatic carbocycles. The van der Waals surface area contributed by atoms with Gasteiger partial charge in [0, 0.05) is 37.5 Å². The Morgan fingerprint density at radius 1 is 1.35 bits per heavy atom. The molecule has 5 nitrogen and oxygen atoms in total. The molecule has 2 atom stereocenters. The van der Waals surface area contributed by atoms with Gasteiger partial charge in [-0.25, -0.2) is 0 Å². The van der Waals surface area contributed by atoms with E-state index in [0.717, 1.165) is 30.0 Å². The van der Waals surface area contributed by atoms with Crippen molar-refractivity contribution in [1.29, 1.82) is 0 Å². The first-order chi connectivity index (χ1) is 9.66. The minimum atomic E-state index is -0.0651. The third-order valence-corrected chi connectivity index (χ3v) is 4.10. The van der Waals surface area contributed by atoms with Crippen molar-refractivity contribution in [3.8, 4) is 11.5 Å². The summed E-state index contributed by atoms with van der Waals surface area (Å²) in [6, 6.07) is 5.90. The Balaban J connectivity index is 1.85. The van der Waals surface area contributed by atoms with E-state index in [2.05, 4.69) is 6.07 Å². The summed E-state index contributed by atoms with van der Waals surface area (Å²) in [6.45, 7) is 4.11. The lowest BCUT2D eigenvalue weighted by atomic mass is 9.85. The molecule has 3 rings (SSSR count). The summed E-state index contributed by atoms with van der Waals surface area (Å²) in [7, 11) is 0. The number of hydrogen-bond donors (Lipinski definition) is 1. The standard InChI is InChI=1S/C15H20N2O3/c1-10(18)17-6-5-11(13(16)9-17)12-3-2-4-14-15(12)20-8-7-19-14/h2-4,11,13H,5-9,16H2,1H3. The molecule has 2 N–H and O–H groups in total. The van der Waals surface area contributed by atoms with Gasteiger partial charge < -0.3 is 20.1 Å². The number of ether oxygens (including phenoxy) is 2. The number of para-hydroxylation sites is 1. The fourth-order valence-electron chi connectivity index (χ4n) is 3.04. The Hall–Kier alpha value is -1.75. The van der Waals surface area contributed by atoms with Crippen LogP contribution in [0.2, 0.25) is 0 Å². The Morgan fingerprint density at radius 2 is 2.15 bits per heavy atom. The van der Waals surface area contributed by atoms with E-state index in [1.165, 1.54) is 0 Å². The summed E-state index contributed by atoms with van der Waals surface area (Å²) < 4.78 is 11.4. The van der Waals surface area contributed by atoms with Crippen LogP contribution in [0.15, 0.2) is 18.2 Å². The van der Waals surface area contributed by atoms with Crippen molar-refractivity contribution in [1.82, 2.24) is 4.90 Å². The zero-order chi connectivity index (χ0) is 14.1. The predicted octanol–water partition coefficient (Wildman–Crippen LogP) is 1.12. The lowest BCUT2D eigenvalue weighted by molar-refractivity contribution is -0.130. The number of nitrogens with two attached hydrogens (primary N) is 1. The van der Waals surface area contributed by atoms with Crippen LogP contribution in [-0.4, -0.2) is 43.2 Å². The first-order valence-electron chi connectivity index (χ1n) is 7.06. The third-order valence-electron chi connectivity index (χ3n) is 4.10. The molecule has 108 valence electrons. The molecule has 0 spiro atoms. The number of benzene rings is 1. The molecule has 0 radical (unpaired) electrons. The number of carbonyl (C=O) groups is 1. The Morgan fingerprint density at radius 3 is 2.90 bits per heavy atom. The number of piperidine rings is 1. The summed E-state index contributed by atoms with van der Waals surface area (Å²) in [5.74, 6) is 1.93. The van der Waals surface area contributed by atoms with Crippen molar-refractivity contribution >= 4 is 5.91 Å². The molecular weight excluding hydrogens is 256 g/mol. The number of likely N-dealkylation sites (tertiary alicyclic amines) is 1. The van der Waals surface area contributed by atoms with Crippen molar-refractivity contribution in [2.75, 3.05) is 26.3 Å². The Bertz CT molecular complexity index is 518. The molecule has 2 aliphatic heterocycles. The number of fused-ring (bicyclic) bond motifs is 1. The Kier molecular flexibility index (Phi) is 3.53. The Labute approximate surface area is 118 Å². The largest absolute Gasteiger partial charge is 0.486 e. The SMILES string of the molecule is CC(=O)N1CCC(c2cccc3c2OCCO3)C(N)C1. The van der Waals surface area contributed by atoms with E-state index in [0.29, 0.717) is 19.8 Å². The molecule has 2 unspecified atom stereocenters. The average molecular weight is 276 g/mol. The summed E-state index contributed by atoms with van der Waals surface area (Å²) in [5.41, 5.74) is 7.39. The maximum atomic E-state index is 11.4. The van der Waals surface area contributed by atoms with E-state index < -0.39 is 0 Å². The van der Waals surface area contributed by atoms with Crippen molar-refractivity contribution in [3.05, 3.63) is 23.8 Å². The van der Waals surface area contributed by atoms with Crippen LogP contribution in [0.5, 0.6) is 11.5 Å². The van der Waals surface area contributed by atoms with Gasteiger partial charge in [0.1, 0.15) is 13.2 Å². The predicted molar refractivity (Wildman–Crippen MR) is 75.0 cm³/mol. The molecule has 5 heteroatoms. The zero-order valence-corrected chi connectivity index (χ0v) is 11.7. The average Bonchev–Trinajstić information content (AvgIpc) is 2.46. The van der Waals surface area contributed by atoms with Gasteiger partial charge in [0.15, 0.2) is 11.5 Å². The van der Waals surface area contributed by atoms with Gasteiger partial charge in [0.05, 0.1) is 0 Å². The molecule has 0 saturated carbocycles. The van der Waals surface area contributed by atoms with Crippen LogP contribution in [0, 0.1) is 0 Å². The van der Waals surface area contributed by atoms with Crippen molar-refractivity contribution in [2.24, 2.45) is 5.73 Å². The fraction of sp³-hybridized carbons (Fsp3) is 0.533. The highest BCUT2D eigenvalue weighted by Crippen LogP contribution is 2.40. The van der Waals surface area contributed by atoms with Crippen LogP contribution >= 0.6 is 0 Å². The van der Waals surface area contributed by atoms with Crippen LogP contribution in [0.1, 0.15) is 24.8 Å². The second-order valence-corrected chi connectivity index (χ2v) is 5.40. The van der Waals surface area contributed by atoms with Crippen LogP contribution in [0.25, 0.3) is 0 Å². The second-order valence-electron chi connectivity index (χ2n) is 5.40. The van der Waals surface area contributed by atoms with Gasteiger partial charge in [-0.2, -0.15) is 0 Å². The monoisotopic (exact) mass is 276 g/mol. The van der Waals surface area contributed by atoms with E-state index in [-0.39, 0.29) is 17.9 Å². The molecular formula is C15H20N2O3. The van der Waals surface area contributed by atoms with Crippen LogP contribution < -0.4 is 15.2 Å². The molecule has 0 aliphatic carbocycles. The molecule has 1 saturated heterocycles. The van der Waals surface area contributed by atoms with E-state index >= 15 is 0 Å². The fourth-order valence-corrected chi connectivity index (χ4v) is 3.04. The summed E-state index contributed by atoms with van der Waals surface area (Å²) in [5, 5.41) is 0. The summed E-state index contributed by atoms with van der Waals surface area (Å²) in [6.07, 6.45) is 0.862. The zero-order valence-electron chi connectivity index (χ0n) is 11.7. The molecule has 20 heavy (non-hydrogen) atoms. The highest BCUT2D eigenvalue weighted by molar-refractivity contribution is 5.73. The van der Waals surface area contributed by atoms with E-state index in [4.69, 9.17) is 15.2 Å². The maximum absolute atomic E-state index is 11.4. The normalized spacial score (nSPS) is 25.4. The number of hydrogen-bond acceptors (Lipinski definition) is 4. The molecule has 1 aromatic rings. The van der Waals surface area contributed by atoms with Crippen molar-refractivity contribution < 1.29 is 14.3 Å². The number of carbonyl (C=O) groups excluding carboxylic acids is 1. The molecule has 2 aliphatic rings. The van der Waals surface area contributed by atoms with Crippen molar-refractivity contribution in [2.45, 2.75) is 25.3 Å². The maximum Gasteiger partial charge on any atom is 0.219 e. The first-order valence-corrected chi connectivity index (χ1v) is 7.06. The number of amides is 1. The van der Waals surface area contributed by atoms with E-state index in [1.54, 1.807) is 6.92 Å². The smallest absolute Gasteiger partial charge is 0.219 e. The topological polar surface area (TPSA) is 64.8 Å². The highest BCUT2D eigenvalue weighted by atomic mass is 16.6. The summed E-state index contributed by atoms with van der Waals surface area (Å²) in [4.78, 5) is 13.3. The molecule has 1 fully saturated rings. The quantitative estimate of drug-likeness (QED) is 0.835. The van der Waals surface area contributed by atoms with Crippen LogP contribution in [-0.2, 0) is 4.79 Å². The molecule has 1 amide bonds. The van der Waals surface area contributed by atoms with Crippen LogP contribution in [0.3, 0.4) is 0 Å². The summed E-state index contributed by atoms with van der Waals surface area (Å²) >= 11 is 0. The minimum absolute atomic E-state index is 0.0651. The van der Waals surface area contributed by atoms with Gasteiger partial charge >= 0.3 is 0 Å². The number of rotatable bonds is 1. The first kappa shape index (κ1) is 13.2. The lowest BCUT2D eigenvalue weighted by Gasteiger charge is -2.37. The van der Waals surface area contributed by atoms with E-state index in [1.807, 2.05) is 17.0 Å². The van der Waals surface area contributed by atoms with Crippen molar-refractivity contribution in [3.63, 3.8) is 0 Å². The number of nitrogens with zero attached hydrogens (tertiary/aromatic N) is 1. The van der Waals surface area contributed by atoms with Gasteiger partial charge in [-0.05, 0) is 12.5 Å². The van der Waals surface area contributed by atoms with E-state index in [9.17, 15) is 4.79 Å². The van der Waals surface area contributed by atoms with Gasteiger partial charge in [-0.15, -0.1) is 0 Å². The molecule has 0 aromatic heterocycles. The highest BCUT2D eigenvalue weighted by Gasteiger charge is 2.32. The second kappa shape index (κ2) is 5.32. The van der Waals surface area contributed by atoms with Crippen LogP contribution in [0.4, 0.5) is 0 Å². The van der Waals surface area contributed by atoms with Gasteiger partial charge in [-0.3, -0.25) is 4.79 Å². The van der Waals surface area contributed by atoms with Gasteiger partial charge in [0.25, 0.3) is 0 Å². The third kappa shape index (κ3) is 2.33. The van der Waals surface area contributed by atoms with Gasteiger partial charge in [0.2, 0.25) is 5.91 Å². The van der Waals surface area contributed by atoms with Gasteiger partial charge in [-0.1, -0.05) is 12.1 Å². The lowest BCUT2D eigenvalue weighted by Crippen LogP contribution is -2.49. The minimum Gasteiger partial charge on any atom is -0.486 e.